The zero-order valence-electron chi connectivity index (χ0n) is 51.3. The number of hydrogen-bond donors (Lipinski definition) is 1. The van der Waals surface area contributed by atoms with Gasteiger partial charge in [-0.2, -0.15) is 0 Å². The van der Waals surface area contributed by atoms with Crippen LogP contribution in [0.5, 0.6) is 0 Å². The van der Waals surface area contributed by atoms with Crippen molar-refractivity contribution in [2.24, 2.45) is 0 Å². The van der Waals surface area contributed by atoms with Crippen molar-refractivity contribution in [3.8, 4) is 0 Å². The van der Waals surface area contributed by atoms with Gasteiger partial charge in [0.15, 0.2) is 6.10 Å². The fourth-order valence-electron chi connectivity index (χ4n) is 10.6. The minimum Gasteiger partial charge on any atom is -0.462 e. The Hall–Kier alpha value is -2.14. The van der Waals surface area contributed by atoms with E-state index in [0.717, 1.165) is 64.2 Å². The average Bonchev–Trinajstić information content (AvgIpc) is 3.42. The first-order valence-electron chi connectivity index (χ1n) is 34.2. The van der Waals surface area contributed by atoms with Gasteiger partial charge in [0.2, 0.25) is 0 Å². The second kappa shape index (κ2) is 67.1. The predicted molar refractivity (Wildman–Crippen MR) is 334 cm³/mol. The molecule has 1 unspecified atom stereocenters. The van der Waals surface area contributed by atoms with Crippen LogP contribution in [-0.2, 0) is 19.1 Å². The molecule has 0 fully saturated rings. The topological polar surface area (TPSA) is 72.8 Å². The second-order valence-electron chi connectivity index (χ2n) is 23.2. The summed E-state index contributed by atoms with van der Waals surface area (Å²) in [6, 6.07) is 0. The highest BCUT2D eigenvalue weighted by atomic mass is 16.6. The molecule has 1 atom stereocenters. The van der Waals surface area contributed by atoms with Gasteiger partial charge in [-0.05, 0) is 51.4 Å². The molecule has 0 spiro atoms. The summed E-state index contributed by atoms with van der Waals surface area (Å²) < 4.78 is 10.7. The van der Waals surface area contributed by atoms with Gasteiger partial charge < -0.3 is 14.6 Å². The van der Waals surface area contributed by atoms with Gasteiger partial charge >= 0.3 is 11.9 Å². The third-order valence-electron chi connectivity index (χ3n) is 15.6. The van der Waals surface area contributed by atoms with Crippen molar-refractivity contribution in [2.75, 3.05) is 13.2 Å². The number of hydrogen-bond acceptors (Lipinski definition) is 5. The molecule has 446 valence electrons. The normalized spacial score (nSPS) is 12.4. The van der Waals surface area contributed by atoms with E-state index < -0.39 is 6.10 Å². The first kappa shape index (κ1) is 73.9. The average molecular weight is 1070 g/mol. The van der Waals surface area contributed by atoms with E-state index in [2.05, 4.69) is 62.5 Å². The number of esters is 2. The molecular weight excluding hydrogens is 933 g/mol. The van der Waals surface area contributed by atoms with Crippen molar-refractivity contribution in [3.05, 3.63) is 48.6 Å². The van der Waals surface area contributed by atoms with Crippen molar-refractivity contribution >= 4 is 11.9 Å². The van der Waals surface area contributed by atoms with Gasteiger partial charge in [-0.3, -0.25) is 9.59 Å². The number of ether oxygens (including phenoxy) is 2. The van der Waals surface area contributed by atoms with E-state index in [1.54, 1.807) is 0 Å². The number of aliphatic hydroxyl groups excluding tert-OH is 1. The molecule has 0 aliphatic carbocycles. The molecule has 0 aliphatic heterocycles. The zero-order valence-corrected chi connectivity index (χ0v) is 51.3. The molecule has 0 aromatic rings. The highest BCUT2D eigenvalue weighted by molar-refractivity contribution is 5.70. The maximum atomic E-state index is 12.3. The summed E-state index contributed by atoms with van der Waals surface area (Å²) in [4.78, 5) is 24.6. The van der Waals surface area contributed by atoms with Crippen LogP contribution in [0.3, 0.4) is 0 Å². The maximum Gasteiger partial charge on any atom is 0.306 e. The van der Waals surface area contributed by atoms with Crippen molar-refractivity contribution in [1.82, 2.24) is 0 Å². The fraction of sp³-hybridized carbons (Fsp3) is 0.859. The van der Waals surface area contributed by atoms with Crippen molar-refractivity contribution in [2.45, 2.75) is 380 Å². The van der Waals surface area contributed by atoms with E-state index >= 15 is 0 Å². The number of rotatable bonds is 64. The van der Waals surface area contributed by atoms with E-state index in [9.17, 15) is 14.7 Å². The van der Waals surface area contributed by atoms with Crippen LogP contribution < -0.4 is 0 Å². The van der Waals surface area contributed by atoms with Crippen LogP contribution in [-0.4, -0.2) is 36.4 Å². The summed E-state index contributed by atoms with van der Waals surface area (Å²) in [5, 5.41) is 9.68. The lowest BCUT2D eigenvalue weighted by Gasteiger charge is -2.15. The number of allylic oxidation sites excluding steroid dienone is 8. The van der Waals surface area contributed by atoms with Crippen LogP contribution in [0, 0.1) is 0 Å². The Labute approximate surface area is 475 Å². The molecule has 0 radical (unpaired) electrons. The molecule has 5 nitrogen and oxygen atoms in total. The first-order chi connectivity index (χ1) is 37.6. The summed E-state index contributed by atoms with van der Waals surface area (Å²) in [6.07, 6.45) is 90.1. The van der Waals surface area contributed by atoms with Gasteiger partial charge in [-0.25, -0.2) is 0 Å². The van der Waals surface area contributed by atoms with Gasteiger partial charge in [0, 0.05) is 12.8 Å². The lowest BCUT2D eigenvalue weighted by atomic mass is 10.0. The summed E-state index contributed by atoms with van der Waals surface area (Å²) in [5.74, 6) is -0.578. The summed E-state index contributed by atoms with van der Waals surface area (Å²) in [5.41, 5.74) is 0. The minimum atomic E-state index is -0.775. The van der Waals surface area contributed by atoms with Gasteiger partial charge in [0.25, 0.3) is 0 Å². The molecule has 0 rings (SSSR count). The Morgan fingerprint density at radius 3 is 0.855 bits per heavy atom. The van der Waals surface area contributed by atoms with Crippen LogP contribution in [0.25, 0.3) is 0 Å². The molecule has 0 amide bonds. The lowest BCUT2D eigenvalue weighted by Crippen LogP contribution is -2.28. The van der Waals surface area contributed by atoms with Crippen molar-refractivity contribution < 1.29 is 24.2 Å². The maximum absolute atomic E-state index is 12.3. The Balaban J connectivity index is 3.37. The largest absolute Gasteiger partial charge is 0.462 e. The molecule has 5 heteroatoms. The molecule has 0 aromatic carbocycles. The quantitative estimate of drug-likeness (QED) is 0.0373. The van der Waals surface area contributed by atoms with E-state index in [1.165, 1.54) is 283 Å². The highest BCUT2D eigenvalue weighted by Crippen LogP contribution is 2.19. The summed E-state index contributed by atoms with van der Waals surface area (Å²) in [7, 11) is 0. The van der Waals surface area contributed by atoms with Gasteiger partial charge in [0.05, 0.1) is 6.61 Å². The third kappa shape index (κ3) is 64.4. The minimum absolute atomic E-state index is 0.0642. The van der Waals surface area contributed by atoms with Crippen LogP contribution in [0.1, 0.15) is 373 Å². The Kier molecular flexibility index (Phi) is 65.2. The molecular formula is C71H132O5. The highest BCUT2D eigenvalue weighted by Gasteiger charge is 2.16. The van der Waals surface area contributed by atoms with Crippen molar-refractivity contribution in [1.29, 1.82) is 0 Å². The molecule has 0 saturated carbocycles. The SMILES string of the molecule is CC/C=C\C/C=C\C/C=C\C/C=C\CCCCCCCCCCCCC(=O)OC(CO)COC(=O)CCCCCCCCCCCCCCCCCCCCCCCCCCCCCCCCCCCCCCCCC. The zero-order chi connectivity index (χ0) is 54.8. The number of aliphatic hydroxyl groups is 1. The van der Waals surface area contributed by atoms with Crippen LogP contribution >= 0.6 is 0 Å². The van der Waals surface area contributed by atoms with E-state index in [1.807, 2.05) is 0 Å². The predicted octanol–water partition coefficient (Wildman–Crippen LogP) is 23.5. The van der Waals surface area contributed by atoms with Gasteiger partial charge in [-0.1, -0.05) is 358 Å². The van der Waals surface area contributed by atoms with Crippen LogP contribution in [0.4, 0.5) is 0 Å². The fourth-order valence-corrected chi connectivity index (χ4v) is 10.6. The smallest absolute Gasteiger partial charge is 0.306 e. The molecule has 0 bridgehead atoms. The monoisotopic (exact) mass is 1070 g/mol. The van der Waals surface area contributed by atoms with E-state index in [0.29, 0.717) is 12.8 Å². The molecule has 1 N–H and O–H groups in total. The molecule has 0 aliphatic rings. The van der Waals surface area contributed by atoms with Crippen molar-refractivity contribution in [3.63, 3.8) is 0 Å². The number of carbonyl (C=O) groups excluding carboxylic acids is 2. The number of unbranched alkanes of at least 4 members (excludes halogenated alkanes) is 48. The summed E-state index contributed by atoms with van der Waals surface area (Å²) in [6.45, 7) is 4.08. The Morgan fingerprint density at radius 1 is 0.316 bits per heavy atom. The van der Waals surface area contributed by atoms with Crippen LogP contribution in [0.2, 0.25) is 0 Å². The number of carbonyl (C=O) groups is 2. The van der Waals surface area contributed by atoms with Gasteiger partial charge in [0.1, 0.15) is 6.61 Å². The third-order valence-corrected chi connectivity index (χ3v) is 15.6. The molecule has 0 aromatic heterocycles. The van der Waals surface area contributed by atoms with E-state index in [4.69, 9.17) is 9.47 Å². The standard InChI is InChI=1S/C71H132O5/c1-3-5-7-9-11-13-15-17-19-21-23-25-27-28-29-30-31-32-33-34-35-36-37-38-39-40-41-42-44-45-47-49-51-53-55-57-59-61-63-65-70(73)75-68-69(67-72)76-71(74)66-64-62-60-58-56-54-52-50-48-46-43-26-24-22-20-18-16-14-12-10-8-6-4-2/h6,8,12,14,18,20,24,26,69,72H,3-5,7,9-11,13,15-17,19,21-23,25,27-68H2,1-2H3/b8-6-,14-12-,20-18-,26-24-. The van der Waals surface area contributed by atoms with E-state index in [-0.39, 0.29) is 25.2 Å². The first-order valence-corrected chi connectivity index (χ1v) is 34.2. The molecule has 0 heterocycles. The second-order valence-corrected chi connectivity index (χ2v) is 23.2. The molecule has 0 saturated heterocycles. The summed E-state index contributed by atoms with van der Waals surface area (Å²) >= 11 is 0. The Bertz CT molecular complexity index is 1250. The van der Waals surface area contributed by atoms with Crippen LogP contribution in [0.15, 0.2) is 48.6 Å². The lowest BCUT2D eigenvalue weighted by molar-refractivity contribution is -0.161. The molecule has 76 heavy (non-hydrogen) atoms. The Morgan fingerprint density at radius 2 is 0.566 bits per heavy atom. The van der Waals surface area contributed by atoms with Gasteiger partial charge in [-0.15, -0.1) is 0 Å².